The van der Waals surface area contributed by atoms with Gasteiger partial charge in [0, 0.05) is 27.4 Å². The molecule has 1 heterocycles. The molecule has 2 rings (SSSR count). The number of rotatable bonds is 3. The van der Waals surface area contributed by atoms with Crippen molar-refractivity contribution in [2.24, 2.45) is 0 Å². The molecule has 0 aliphatic heterocycles. The minimum atomic E-state index is -0.351. The van der Waals surface area contributed by atoms with Gasteiger partial charge < -0.3 is 10.8 Å². The second kappa shape index (κ2) is 4.94. The van der Waals surface area contributed by atoms with Gasteiger partial charge in [0.25, 0.3) is 0 Å². The fourth-order valence-electron chi connectivity index (χ4n) is 1.56. The lowest BCUT2D eigenvalue weighted by Crippen LogP contribution is -2.14. The van der Waals surface area contributed by atoms with Crippen LogP contribution in [0.4, 0.5) is 5.69 Å². The first-order valence-corrected chi connectivity index (χ1v) is 6.45. The molecule has 17 heavy (non-hydrogen) atoms. The maximum Gasteiger partial charge on any atom is 0.0858 e. The van der Waals surface area contributed by atoms with Gasteiger partial charge in [-0.05, 0) is 31.2 Å². The van der Waals surface area contributed by atoms with Gasteiger partial charge >= 0.3 is 0 Å². The van der Waals surface area contributed by atoms with Crippen LogP contribution in [-0.2, 0) is 0 Å². The van der Waals surface area contributed by atoms with Crippen LogP contribution in [-0.4, -0.2) is 21.4 Å². The number of hydrogen-bond donors (Lipinski definition) is 2. The number of aliphatic hydroxyl groups excluding tert-OH is 1. The number of nitrogens with zero attached hydrogens (tertiary/aromatic N) is 1. The van der Waals surface area contributed by atoms with Crippen LogP contribution in [0, 0.1) is 0 Å². The molecule has 90 valence electrons. The Labute approximate surface area is 105 Å². The second-order valence-electron chi connectivity index (χ2n) is 4.12. The Bertz CT molecular complexity index is 528. The van der Waals surface area contributed by atoms with E-state index in [0.717, 1.165) is 21.5 Å². The maximum absolute atomic E-state index is 9.54. The van der Waals surface area contributed by atoms with Crippen molar-refractivity contribution in [2.45, 2.75) is 30.1 Å². The molecule has 0 aliphatic carbocycles. The summed E-state index contributed by atoms with van der Waals surface area (Å²) in [6, 6.07) is 7.70. The van der Waals surface area contributed by atoms with Crippen LogP contribution in [0.15, 0.2) is 35.4 Å². The van der Waals surface area contributed by atoms with Crippen LogP contribution < -0.4 is 5.73 Å². The standard InChI is InChI=1S/C13H16N2OS/c1-8(16)9(2)17-12-6-5-11(14)10-4-3-7-15-13(10)12/h3-9,16H,14H2,1-2H3. The number of pyridine rings is 1. The molecule has 0 amide bonds. The Morgan fingerprint density at radius 2 is 2.06 bits per heavy atom. The third kappa shape index (κ3) is 2.53. The summed E-state index contributed by atoms with van der Waals surface area (Å²) in [7, 11) is 0. The average molecular weight is 248 g/mol. The van der Waals surface area contributed by atoms with Crippen LogP contribution in [0.5, 0.6) is 0 Å². The monoisotopic (exact) mass is 248 g/mol. The first-order chi connectivity index (χ1) is 8.09. The molecule has 4 heteroatoms. The SMILES string of the molecule is CC(O)C(C)Sc1ccc(N)c2cccnc12. The highest BCUT2D eigenvalue weighted by atomic mass is 32.2. The lowest BCUT2D eigenvalue weighted by molar-refractivity contribution is 0.196. The fourth-order valence-corrected chi connectivity index (χ4v) is 2.58. The van der Waals surface area contributed by atoms with Crippen molar-refractivity contribution >= 4 is 28.4 Å². The molecule has 0 radical (unpaired) electrons. The van der Waals surface area contributed by atoms with E-state index in [1.807, 2.05) is 31.2 Å². The normalized spacial score (nSPS) is 14.8. The van der Waals surface area contributed by atoms with Crippen LogP contribution in [0.25, 0.3) is 10.9 Å². The zero-order valence-electron chi connectivity index (χ0n) is 9.92. The highest BCUT2D eigenvalue weighted by Crippen LogP contribution is 2.33. The van der Waals surface area contributed by atoms with E-state index in [2.05, 4.69) is 4.98 Å². The van der Waals surface area contributed by atoms with Gasteiger partial charge in [-0.2, -0.15) is 0 Å². The molecule has 3 N–H and O–H groups in total. The number of nitrogen functional groups attached to an aromatic ring is 1. The van der Waals surface area contributed by atoms with E-state index < -0.39 is 0 Å². The Hall–Kier alpha value is -1.26. The van der Waals surface area contributed by atoms with Crippen molar-refractivity contribution in [3.63, 3.8) is 0 Å². The summed E-state index contributed by atoms with van der Waals surface area (Å²) in [5, 5.41) is 10.6. The Morgan fingerprint density at radius 3 is 2.76 bits per heavy atom. The highest BCUT2D eigenvalue weighted by Gasteiger charge is 2.13. The molecule has 0 bridgehead atoms. The van der Waals surface area contributed by atoms with Gasteiger partial charge in [0.15, 0.2) is 0 Å². The minimum Gasteiger partial charge on any atom is -0.398 e. The third-order valence-electron chi connectivity index (χ3n) is 2.76. The topological polar surface area (TPSA) is 59.1 Å². The molecule has 3 nitrogen and oxygen atoms in total. The first-order valence-electron chi connectivity index (χ1n) is 5.57. The largest absolute Gasteiger partial charge is 0.398 e. The van der Waals surface area contributed by atoms with Crippen LogP contribution in [0.2, 0.25) is 0 Å². The highest BCUT2D eigenvalue weighted by molar-refractivity contribution is 8.00. The summed E-state index contributed by atoms with van der Waals surface area (Å²) in [5.74, 6) is 0. The Kier molecular flexibility index (Phi) is 3.54. The van der Waals surface area contributed by atoms with Crippen molar-refractivity contribution in [1.82, 2.24) is 4.98 Å². The Morgan fingerprint density at radius 1 is 1.29 bits per heavy atom. The third-order valence-corrected chi connectivity index (χ3v) is 4.11. The van der Waals surface area contributed by atoms with Crippen LogP contribution in [0.3, 0.4) is 0 Å². The van der Waals surface area contributed by atoms with Gasteiger partial charge in [0.05, 0.1) is 11.6 Å². The number of benzene rings is 1. The minimum absolute atomic E-state index is 0.129. The van der Waals surface area contributed by atoms with Gasteiger partial charge in [-0.15, -0.1) is 11.8 Å². The van der Waals surface area contributed by atoms with Crippen LogP contribution in [0.1, 0.15) is 13.8 Å². The summed E-state index contributed by atoms with van der Waals surface area (Å²) >= 11 is 1.62. The predicted molar refractivity (Wildman–Crippen MR) is 73.2 cm³/mol. The molecule has 0 spiro atoms. The molecule has 1 aromatic heterocycles. The number of aliphatic hydroxyl groups is 1. The summed E-state index contributed by atoms with van der Waals surface area (Å²) in [5.41, 5.74) is 7.56. The molecule has 0 saturated carbocycles. The number of hydrogen-bond acceptors (Lipinski definition) is 4. The number of anilines is 1. The number of nitrogens with two attached hydrogens (primary N) is 1. The first kappa shape index (κ1) is 12.2. The molecular formula is C13H16N2OS. The van der Waals surface area contributed by atoms with E-state index in [-0.39, 0.29) is 11.4 Å². The van der Waals surface area contributed by atoms with Crippen molar-refractivity contribution in [2.75, 3.05) is 5.73 Å². The van der Waals surface area contributed by atoms with E-state index in [4.69, 9.17) is 5.73 Å². The molecule has 0 fully saturated rings. The van der Waals surface area contributed by atoms with Crippen molar-refractivity contribution in [1.29, 1.82) is 0 Å². The number of thioether (sulfide) groups is 1. The number of aromatic nitrogens is 1. The van der Waals surface area contributed by atoms with E-state index in [1.54, 1.807) is 24.9 Å². The van der Waals surface area contributed by atoms with Gasteiger partial charge in [-0.1, -0.05) is 6.92 Å². The van der Waals surface area contributed by atoms with Crippen LogP contribution >= 0.6 is 11.8 Å². The smallest absolute Gasteiger partial charge is 0.0858 e. The van der Waals surface area contributed by atoms with Crippen molar-refractivity contribution in [3.05, 3.63) is 30.5 Å². The summed E-state index contributed by atoms with van der Waals surface area (Å²) < 4.78 is 0. The summed E-state index contributed by atoms with van der Waals surface area (Å²) in [4.78, 5) is 5.43. The van der Waals surface area contributed by atoms with E-state index in [1.165, 1.54) is 0 Å². The van der Waals surface area contributed by atoms with Gasteiger partial charge in [-0.3, -0.25) is 4.98 Å². The summed E-state index contributed by atoms with van der Waals surface area (Å²) in [6.45, 7) is 3.80. The molecule has 0 aliphatic rings. The maximum atomic E-state index is 9.54. The second-order valence-corrected chi connectivity index (χ2v) is 5.54. The van der Waals surface area contributed by atoms with Crippen molar-refractivity contribution < 1.29 is 5.11 Å². The Balaban J connectivity index is 2.45. The number of fused-ring (bicyclic) bond motifs is 1. The van der Waals surface area contributed by atoms with E-state index in [0.29, 0.717) is 0 Å². The zero-order valence-corrected chi connectivity index (χ0v) is 10.7. The molecule has 2 unspecified atom stereocenters. The molecule has 0 saturated heterocycles. The van der Waals surface area contributed by atoms with Crippen molar-refractivity contribution in [3.8, 4) is 0 Å². The quantitative estimate of drug-likeness (QED) is 0.647. The predicted octanol–water partition coefficient (Wildman–Crippen LogP) is 2.68. The lowest BCUT2D eigenvalue weighted by Gasteiger charge is -2.15. The molecule has 2 atom stereocenters. The lowest BCUT2D eigenvalue weighted by atomic mass is 10.2. The average Bonchev–Trinajstić information content (AvgIpc) is 2.33. The molecular weight excluding hydrogens is 232 g/mol. The van der Waals surface area contributed by atoms with Gasteiger partial charge in [0.1, 0.15) is 0 Å². The van der Waals surface area contributed by atoms with E-state index >= 15 is 0 Å². The van der Waals surface area contributed by atoms with E-state index in [9.17, 15) is 5.11 Å². The molecule has 2 aromatic rings. The molecule has 1 aromatic carbocycles. The zero-order chi connectivity index (χ0) is 12.4. The fraction of sp³-hybridized carbons (Fsp3) is 0.308. The summed E-state index contributed by atoms with van der Waals surface area (Å²) in [6.07, 6.45) is 1.41. The van der Waals surface area contributed by atoms with Gasteiger partial charge in [0.2, 0.25) is 0 Å². The van der Waals surface area contributed by atoms with Gasteiger partial charge in [-0.25, -0.2) is 0 Å².